The standard InChI is InChI=1S/C19H19ClN6O4/c20-11-3-1-2-10(4-11)6-22-16-13-17(24-8-23-16)26(9-25-13)18-14-15(28)19(30-18,7-29-14)5-12(21)27/h1-4,8-9,14-15,18,28H,5-7H2,(H2,21,27)(H,22,23,24)/t14-,15-,18-,19-/m1/s1. The summed E-state index contributed by atoms with van der Waals surface area (Å²) < 4.78 is 13.4. The van der Waals surface area contributed by atoms with Crippen molar-refractivity contribution < 1.29 is 19.4 Å². The van der Waals surface area contributed by atoms with Gasteiger partial charge in [0.05, 0.1) is 19.4 Å². The van der Waals surface area contributed by atoms with Crippen molar-refractivity contribution in [1.82, 2.24) is 19.5 Å². The molecule has 3 aromatic rings. The first-order valence-corrected chi connectivity index (χ1v) is 9.76. The highest BCUT2D eigenvalue weighted by molar-refractivity contribution is 6.30. The third-order valence-electron chi connectivity index (χ3n) is 5.46. The molecule has 10 nitrogen and oxygen atoms in total. The highest BCUT2D eigenvalue weighted by atomic mass is 35.5. The number of imidazole rings is 1. The van der Waals surface area contributed by atoms with Crippen molar-refractivity contribution in [3.8, 4) is 0 Å². The second-order valence-corrected chi connectivity index (χ2v) is 7.90. The van der Waals surface area contributed by atoms with Crippen LogP contribution in [0, 0.1) is 0 Å². The van der Waals surface area contributed by atoms with E-state index < -0.39 is 29.9 Å². The molecule has 4 atom stereocenters. The van der Waals surface area contributed by atoms with Crippen molar-refractivity contribution in [2.75, 3.05) is 11.9 Å². The molecule has 0 unspecified atom stereocenters. The zero-order chi connectivity index (χ0) is 20.9. The van der Waals surface area contributed by atoms with Crippen LogP contribution in [0.1, 0.15) is 18.2 Å². The van der Waals surface area contributed by atoms with Crippen LogP contribution < -0.4 is 11.1 Å². The maximum Gasteiger partial charge on any atom is 0.220 e. The zero-order valence-corrected chi connectivity index (χ0v) is 16.5. The van der Waals surface area contributed by atoms with E-state index in [4.69, 9.17) is 26.8 Å². The molecule has 0 radical (unpaired) electrons. The van der Waals surface area contributed by atoms with E-state index in [1.165, 1.54) is 6.33 Å². The Balaban J connectivity index is 1.42. The fourth-order valence-electron chi connectivity index (χ4n) is 4.07. The van der Waals surface area contributed by atoms with Crippen molar-refractivity contribution in [1.29, 1.82) is 0 Å². The van der Waals surface area contributed by atoms with Crippen LogP contribution in [0.2, 0.25) is 5.02 Å². The number of carbonyl (C=O) groups excluding carboxylic acids is 1. The molecule has 156 valence electrons. The quantitative estimate of drug-likeness (QED) is 0.526. The number of aliphatic hydroxyl groups excluding tert-OH is 1. The van der Waals surface area contributed by atoms with Crippen LogP contribution in [0.15, 0.2) is 36.9 Å². The van der Waals surface area contributed by atoms with E-state index in [0.29, 0.717) is 28.5 Å². The summed E-state index contributed by atoms with van der Waals surface area (Å²) in [5.41, 5.74) is 6.24. The van der Waals surface area contributed by atoms with E-state index in [1.54, 1.807) is 10.9 Å². The van der Waals surface area contributed by atoms with E-state index in [2.05, 4.69) is 20.3 Å². The summed E-state index contributed by atoms with van der Waals surface area (Å²) in [4.78, 5) is 24.5. The molecular formula is C19H19ClN6O4. The van der Waals surface area contributed by atoms with Crippen LogP contribution in [0.5, 0.6) is 0 Å². The Morgan fingerprint density at radius 2 is 2.27 bits per heavy atom. The molecule has 5 rings (SSSR count). The van der Waals surface area contributed by atoms with Gasteiger partial charge in [0.15, 0.2) is 23.2 Å². The SMILES string of the molecule is NC(=O)C[C@]12CO[C@@H]([C@H](n3cnc4c(NCc5cccc(Cl)c5)ncnc43)O1)[C@H]2O. The number of hydrogen-bond acceptors (Lipinski definition) is 8. The van der Waals surface area contributed by atoms with Gasteiger partial charge in [-0.3, -0.25) is 9.36 Å². The Hall–Kier alpha value is -2.79. The minimum absolute atomic E-state index is 0.103. The summed E-state index contributed by atoms with van der Waals surface area (Å²) in [6, 6.07) is 7.51. The van der Waals surface area contributed by atoms with Gasteiger partial charge in [0, 0.05) is 11.6 Å². The third-order valence-corrected chi connectivity index (χ3v) is 5.70. The van der Waals surface area contributed by atoms with Gasteiger partial charge in [-0.15, -0.1) is 0 Å². The van der Waals surface area contributed by atoms with Crippen molar-refractivity contribution in [2.45, 2.75) is 37.0 Å². The van der Waals surface area contributed by atoms with Gasteiger partial charge in [0.2, 0.25) is 5.91 Å². The average molecular weight is 431 g/mol. The number of amides is 1. The second-order valence-electron chi connectivity index (χ2n) is 7.47. The monoisotopic (exact) mass is 430 g/mol. The first-order valence-electron chi connectivity index (χ1n) is 9.38. The average Bonchev–Trinajstić information content (AvgIpc) is 3.35. The Kier molecular flexibility index (Phi) is 4.58. The minimum atomic E-state index is -1.15. The molecule has 4 heterocycles. The van der Waals surface area contributed by atoms with Gasteiger partial charge < -0.3 is 25.6 Å². The molecule has 1 aromatic carbocycles. The molecule has 0 spiro atoms. The van der Waals surface area contributed by atoms with E-state index in [1.807, 2.05) is 24.3 Å². The Labute approximate surface area is 176 Å². The Bertz CT molecular complexity index is 1120. The topological polar surface area (TPSA) is 137 Å². The number of carbonyl (C=O) groups is 1. The normalized spacial score (nSPS) is 27.6. The van der Waals surface area contributed by atoms with Crippen molar-refractivity contribution in [3.63, 3.8) is 0 Å². The predicted molar refractivity (Wildman–Crippen MR) is 107 cm³/mol. The molecule has 0 aliphatic carbocycles. The Morgan fingerprint density at radius 3 is 3.07 bits per heavy atom. The highest BCUT2D eigenvalue weighted by Gasteiger charge is 2.62. The van der Waals surface area contributed by atoms with Gasteiger partial charge in [0.1, 0.15) is 24.1 Å². The van der Waals surface area contributed by atoms with Gasteiger partial charge in [-0.1, -0.05) is 23.7 Å². The predicted octanol–water partition coefficient (Wildman–Crippen LogP) is 0.994. The summed E-state index contributed by atoms with van der Waals surface area (Å²) in [5.74, 6) is -0.0144. The molecule has 30 heavy (non-hydrogen) atoms. The minimum Gasteiger partial charge on any atom is -0.387 e. The van der Waals surface area contributed by atoms with Gasteiger partial charge in [-0.25, -0.2) is 15.0 Å². The van der Waals surface area contributed by atoms with E-state index in [0.717, 1.165) is 5.56 Å². The second kappa shape index (κ2) is 7.17. The summed E-state index contributed by atoms with van der Waals surface area (Å²) in [5, 5.41) is 14.5. The summed E-state index contributed by atoms with van der Waals surface area (Å²) in [7, 11) is 0. The number of benzene rings is 1. The number of aliphatic hydroxyl groups is 1. The van der Waals surface area contributed by atoms with Gasteiger partial charge in [-0.2, -0.15) is 0 Å². The fraction of sp³-hybridized carbons (Fsp3) is 0.368. The molecule has 2 saturated heterocycles. The largest absolute Gasteiger partial charge is 0.387 e. The van der Waals surface area contributed by atoms with Crippen molar-refractivity contribution >= 4 is 34.5 Å². The number of nitrogens with one attached hydrogen (secondary N) is 1. The van der Waals surface area contributed by atoms with Gasteiger partial charge >= 0.3 is 0 Å². The van der Waals surface area contributed by atoms with E-state index in [9.17, 15) is 9.90 Å². The molecule has 11 heteroatoms. The smallest absolute Gasteiger partial charge is 0.220 e. The van der Waals surface area contributed by atoms with Gasteiger partial charge in [-0.05, 0) is 17.7 Å². The number of primary amides is 1. The number of hydrogen-bond donors (Lipinski definition) is 3. The number of fused-ring (bicyclic) bond motifs is 3. The number of rotatable bonds is 6. The number of aromatic nitrogens is 4. The lowest BCUT2D eigenvalue weighted by molar-refractivity contribution is -0.177. The Morgan fingerprint density at radius 1 is 1.40 bits per heavy atom. The first kappa shape index (κ1) is 19.2. The van der Waals surface area contributed by atoms with Crippen molar-refractivity contribution in [3.05, 3.63) is 47.5 Å². The maximum absolute atomic E-state index is 11.5. The van der Waals surface area contributed by atoms with Crippen LogP contribution >= 0.6 is 11.6 Å². The van der Waals surface area contributed by atoms with Crippen LogP contribution in [-0.4, -0.2) is 54.9 Å². The molecule has 2 aliphatic heterocycles. The summed E-state index contributed by atoms with van der Waals surface area (Å²) in [6.07, 6.45) is 0.534. The summed E-state index contributed by atoms with van der Waals surface area (Å²) in [6.45, 7) is 0.609. The maximum atomic E-state index is 11.5. The first-order chi connectivity index (χ1) is 14.5. The van der Waals surface area contributed by atoms with Crippen LogP contribution in [0.4, 0.5) is 5.82 Å². The molecule has 0 saturated carbocycles. The molecule has 2 aromatic heterocycles. The molecule has 1 amide bonds. The third kappa shape index (κ3) is 3.08. The number of halogens is 1. The number of ether oxygens (including phenoxy) is 2. The van der Waals surface area contributed by atoms with Crippen molar-refractivity contribution in [2.24, 2.45) is 5.73 Å². The number of anilines is 1. The molecule has 2 fully saturated rings. The lowest BCUT2D eigenvalue weighted by Crippen LogP contribution is -2.44. The number of nitrogens with two attached hydrogens (primary N) is 1. The van der Waals surface area contributed by atoms with Crippen LogP contribution in [-0.2, 0) is 20.8 Å². The lowest BCUT2D eigenvalue weighted by atomic mass is 9.95. The number of nitrogens with zero attached hydrogens (tertiary/aromatic N) is 4. The lowest BCUT2D eigenvalue weighted by Gasteiger charge is -2.30. The molecule has 2 aliphatic rings. The molecular weight excluding hydrogens is 412 g/mol. The van der Waals surface area contributed by atoms with Gasteiger partial charge in [0.25, 0.3) is 0 Å². The van der Waals surface area contributed by atoms with Crippen LogP contribution in [0.25, 0.3) is 11.2 Å². The fourth-order valence-corrected chi connectivity index (χ4v) is 4.28. The highest BCUT2D eigenvalue weighted by Crippen LogP contribution is 2.47. The van der Waals surface area contributed by atoms with E-state index >= 15 is 0 Å². The molecule has 2 bridgehead atoms. The molecule has 4 N–H and O–H groups in total. The zero-order valence-electron chi connectivity index (χ0n) is 15.7. The summed E-state index contributed by atoms with van der Waals surface area (Å²) >= 11 is 6.04. The van der Waals surface area contributed by atoms with E-state index in [-0.39, 0.29) is 13.0 Å². The van der Waals surface area contributed by atoms with Crippen LogP contribution in [0.3, 0.4) is 0 Å².